The number of rotatable bonds is 0. The Hall–Kier alpha value is -1.83. The standard InChI is InChI=1S/C13H13N2/c1-14-9-15(2)12-8-4-6-10-5-3-7-11(14)13(10)12/h3-9H,1-2H3/q+1. The van der Waals surface area contributed by atoms with E-state index in [9.17, 15) is 0 Å². The monoisotopic (exact) mass is 197 g/mol. The number of hydrogen-bond donors (Lipinski definition) is 0. The first kappa shape index (κ1) is 8.48. The summed E-state index contributed by atoms with van der Waals surface area (Å²) in [5.74, 6) is 0. The molecule has 2 aromatic carbocycles. The van der Waals surface area contributed by atoms with E-state index in [2.05, 4.69) is 66.3 Å². The van der Waals surface area contributed by atoms with Gasteiger partial charge in [0, 0.05) is 0 Å². The molecule has 0 N–H and O–H groups in total. The second-order valence-corrected chi connectivity index (χ2v) is 3.99. The smallest absolute Gasteiger partial charge is 0.236 e. The van der Waals surface area contributed by atoms with Crippen LogP contribution in [0, 0.1) is 0 Å². The lowest BCUT2D eigenvalue weighted by atomic mass is 10.0. The van der Waals surface area contributed by atoms with Gasteiger partial charge in [-0.25, -0.2) is 9.48 Å². The Morgan fingerprint density at radius 1 is 1.07 bits per heavy atom. The molecule has 0 saturated carbocycles. The first-order chi connectivity index (χ1) is 7.27. The molecular formula is C13H13N2+. The van der Waals surface area contributed by atoms with E-state index in [0.717, 1.165) is 0 Å². The fourth-order valence-electron chi connectivity index (χ4n) is 2.27. The molecule has 0 aromatic heterocycles. The van der Waals surface area contributed by atoms with Crippen molar-refractivity contribution in [2.75, 3.05) is 19.0 Å². The van der Waals surface area contributed by atoms with Crippen molar-refractivity contribution in [3.8, 4) is 0 Å². The summed E-state index contributed by atoms with van der Waals surface area (Å²) in [6.07, 6.45) is 2.11. The minimum Gasteiger partial charge on any atom is -0.236 e. The van der Waals surface area contributed by atoms with Crippen LogP contribution in [-0.2, 0) is 0 Å². The van der Waals surface area contributed by atoms with Crippen molar-refractivity contribution in [2.45, 2.75) is 0 Å². The van der Waals surface area contributed by atoms with Crippen LogP contribution >= 0.6 is 0 Å². The number of nitrogens with zero attached hydrogens (tertiary/aromatic N) is 2. The van der Waals surface area contributed by atoms with E-state index in [4.69, 9.17) is 0 Å². The third-order valence-electron chi connectivity index (χ3n) is 2.97. The SMILES string of the molecule is CN1C=[N+](C)c2cccc3cccc1c23. The zero-order valence-electron chi connectivity index (χ0n) is 8.94. The summed E-state index contributed by atoms with van der Waals surface area (Å²) in [6, 6.07) is 12.9. The summed E-state index contributed by atoms with van der Waals surface area (Å²) < 4.78 is 2.16. The molecule has 0 amide bonds. The minimum atomic E-state index is 1.28. The highest BCUT2D eigenvalue weighted by molar-refractivity contribution is 6.06. The summed E-state index contributed by atoms with van der Waals surface area (Å²) in [6.45, 7) is 0. The molecule has 2 nitrogen and oxygen atoms in total. The van der Waals surface area contributed by atoms with Crippen molar-refractivity contribution in [3.05, 3.63) is 36.4 Å². The molecule has 3 rings (SSSR count). The number of benzene rings is 2. The fourth-order valence-corrected chi connectivity index (χ4v) is 2.27. The van der Waals surface area contributed by atoms with E-state index in [1.54, 1.807) is 0 Å². The quantitative estimate of drug-likeness (QED) is 0.588. The van der Waals surface area contributed by atoms with Crippen LogP contribution in [0.4, 0.5) is 11.4 Å². The van der Waals surface area contributed by atoms with Gasteiger partial charge < -0.3 is 0 Å². The van der Waals surface area contributed by atoms with E-state index in [-0.39, 0.29) is 0 Å². The maximum absolute atomic E-state index is 2.16. The molecule has 2 aromatic rings. The van der Waals surface area contributed by atoms with Gasteiger partial charge in [0.15, 0.2) is 0 Å². The largest absolute Gasteiger partial charge is 0.244 e. The van der Waals surface area contributed by atoms with E-state index < -0.39 is 0 Å². The van der Waals surface area contributed by atoms with Crippen LogP contribution in [0.2, 0.25) is 0 Å². The molecule has 0 atom stereocenters. The Morgan fingerprint density at radius 3 is 2.60 bits per heavy atom. The van der Waals surface area contributed by atoms with E-state index in [1.165, 1.54) is 22.1 Å². The highest BCUT2D eigenvalue weighted by atomic mass is 15.2. The van der Waals surface area contributed by atoms with Gasteiger partial charge in [0.2, 0.25) is 6.34 Å². The summed E-state index contributed by atoms with van der Waals surface area (Å²) in [7, 11) is 4.17. The maximum Gasteiger partial charge on any atom is 0.244 e. The molecule has 0 unspecified atom stereocenters. The molecule has 1 aliphatic rings. The average molecular weight is 197 g/mol. The lowest BCUT2D eigenvalue weighted by molar-refractivity contribution is -0.399. The van der Waals surface area contributed by atoms with Gasteiger partial charge in [-0.2, -0.15) is 0 Å². The summed E-state index contributed by atoms with van der Waals surface area (Å²) >= 11 is 0. The van der Waals surface area contributed by atoms with Crippen molar-refractivity contribution < 1.29 is 4.58 Å². The fraction of sp³-hybridized carbons (Fsp3) is 0.154. The van der Waals surface area contributed by atoms with Crippen molar-refractivity contribution in [2.24, 2.45) is 0 Å². The number of anilines is 1. The van der Waals surface area contributed by atoms with Crippen LogP contribution in [0.15, 0.2) is 36.4 Å². The molecule has 74 valence electrons. The molecule has 0 radical (unpaired) electrons. The van der Waals surface area contributed by atoms with Crippen LogP contribution in [0.3, 0.4) is 0 Å². The van der Waals surface area contributed by atoms with Gasteiger partial charge in [-0.3, -0.25) is 0 Å². The van der Waals surface area contributed by atoms with Crippen molar-refractivity contribution in [3.63, 3.8) is 0 Å². The van der Waals surface area contributed by atoms with Crippen LogP contribution < -0.4 is 4.90 Å². The summed E-state index contributed by atoms with van der Waals surface area (Å²) in [5.41, 5.74) is 2.56. The van der Waals surface area contributed by atoms with Gasteiger partial charge in [0.1, 0.15) is 11.4 Å². The van der Waals surface area contributed by atoms with E-state index in [0.29, 0.717) is 0 Å². The lowest BCUT2D eigenvalue weighted by Crippen LogP contribution is -2.24. The van der Waals surface area contributed by atoms with Crippen LogP contribution in [-0.4, -0.2) is 25.0 Å². The maximum atomic E-state index is 2.16. The van der Waals surface area contributed by atoms with Crippen molar-refractivity contribution >= 4 is 28.5 Å². The second kappa shape index (κ2) is 2.83. The first-order valence-electron chi connectivity index (χ1n) is 5.10. The Balaban J connectivity index is 2.51. The van der Waals surface area contributed by atoms with Crippen LogP contribution in [0.1, 0.15) is 0 Å². The third kappa shape index (κ3) is 1.08. The lowest BCUT2D eigenvalue weighted by Gasteiger charge is -2.18. The molecule has 0 spiro atoms. The summed E-state index contributed by atoms with van der Waals surface area (Å²) in [4.78, 5) is 2.16. The van der Waals surface area contributed by atoms with Crippen molar-refractivity contribution in [1.82, 2.24) is 0 Å². The predicted molar refractivity (Wildman–Crippen MR) is 64.3 cm³/mol. The zero-order valence-corrected chi connectivity index (χ0v) is 8.94. The molecule has 0 saturated heterocycles. The van der Waals surface area contributed by atoms with Gasteiger partial charge in [0.05, 0.1) is 19.5 Å². The van der Waals surface area contributed by atoms with Gasteiger partial charge >= 0.3 is 0 Å². The van der Waals surface area contributed by atoms with Gasteiger partial charge in [-0.15, -0.1) is 0 Å². The molecular weight excluding hydrogens is 184 g/mol. The number of hydrogen-bond acceptors (Lipinski definition) is 1. The van der Waals surface area contributed by atoms with Crippen molar-refractivity contribution in [1.29, 1.82) is 0 Å². The van der Waals surface area contributed by atoms with Gasteiger partial charge in [-0.1, -0.05) is 24.3 Å². The predicted octanol–water partition coefficient (Wildman–Crippen LogP) is 2.59. The van der Waals surface area contributed by atoms with Crippen LogP contribution in [0.25, 0.3) is 10.8 Å². The van der Waals surface area contributed by atoms with Gasteiger partial charge in [0.25, 0.3) is 0 Å². The molecule has 1 aliphatic heterocycles. The van der Waals surface area contributed by atoms with E-state index in [1.807, 2.05) is 0 Å². The normalized spacial score (nSPS) is 14.3. The zero-order chi connectivity index (χ0) is 10.4. The van der Waals surface area contributed by atoms with Gasteiger partial charge in [-0.05, 0) is 17.5 Å². The first-order valence-corrected chi connectivity index (χ1v) is 5.10. The molecule has 0 aliphatic carbocycles. The highest BCUT2D eigenvalue weighted by Gasteiger charge is 2.20. The van der Waals surface area contributed by atoms with Crippen LogP contribution in [0.5, 0.6) is 0 Å². The highest BCUT2D eigenvalue weighted by Crippen LogP contribution is 2.35. The topological polar surface area (TPSA) is 6.25 Å². The average Bonchev–Trinajstić information content (AvgIpc) is 2.25. The van der Waals surface area contributed by atoms with E-state index >= 15 is 0 Å². The Morgan fingerprint density at radius 2 is 1.80 bits per heavy atom. The summed E-state index contributed by atoms with van der Waals surface area (Å²) in [5, 5.41) is 2.64. The molecule has 15 heavy (non-hydrogen) atoms. The second-order valence-electron chi connectivity index (χ2n) is 3.99. The third-order valence-corrected chi connectivity index (χ3v) is 2.97. The Labute approximate surface area is 89.1 Å². The molecule has 2 heteroatoms. The Kier molecular flexibility index (Phi) is 1.60. The molecule has 1 heterocycles. The molecule has 0 bridgehead atoms. The molecule has 0 fully saturated rings. The minimum absolute atomic E-state index is 1.28. The Bertz CT molecular complexity index is 565.